The maximum Gasteiger partial charge on any atom is 0.490 e. The molecule has 0 saturated heterocycles. The molecular formula is C29H42F3N7O8. The number of nitrogen functional groups attached to an aromatic ring is 1. The van der Waals surface area contributed by atoms with Crippen LogP contribution in [-0.2, 0) is 41.6 Å². The molecule has 0 fully saturated rings. The van der Waals surface area contributed by atoms with Gasteiger partial charge in [-0.3, -0.25) is 14.5 Å². The first-order valence-corrected chi connectivity index (χ1v) is 15.1. The minimum atomic E-state index is -5.01. The molecule has 0 aliphatic heterocycles. The van der Waals surface area contributed by atoms with Gasteiger partial charge in [-0.2, -0.15) is 23.1 Å². The number of nitrogens with two attached hydrogens (primary N) is 1. The molecule has 0 saturated carbocycles. The number of halogens is 3. The number of unbranched alkanes of at least 4 members (excludes halogenated alkanes) is 1. The Kier molecular flexibility index (Phi) is 15.8. The number of carbonyl (C=O) groups excluding carboxylic acids is 1. The second kappa shape index (κ2) is 19.7. The van der Waals surface area contributed by atoms with Crippen LogP contribution in [0.25, 0.3) is 11.2 Å². The molecule has 3 rings (SSSR count). The molecule has 0 amide bonds. The number of imidazole rings is 1. The fraction of sp³-hybridized carbons (Fsp3) is 0.621. The number of ether oxygens (including phenoxy) is 6. The van der Waals surface area contributed by atoms with E-state index in [2.05, 4.69) is 29.6 Å². The zero-order valence-corrected chi connectivity index (χ0v) is 26.6. The zero-order chi connectivity index (χ0) is 34.1. The van der Waals surface area contributed by atoms with Crippen molar-refractivity contribution in [3.05, 3.63) is 40.1 Å². The second-order valence-electron chi connectivity index (χ2n) is 10.3. The standard InChI is InChI=1S/C29H42F3N7O8/c1-3-4-8-47-27-36-24(33)23-25(37-27)39(28(41)35-23)20-22-6-5-21(18-34-22)19-38(2)7-9-42-10-11-43-12-13-44-14-15-45-16-17-46-26(40)29(30,31)32/h5-6,18H,3-4,7-17,19-20H2,1-2H3,(H,35,41)(H2,33,36,37). The summed E-state index contributed by atoms with van der Waals surface area (Å²) in [5.74, 6) is -2.10. The molecule has 18 heteroatoms. The number of likely N-dealkylation sites (N-methyl/N-ethyl adjacent to an activating group) is 1. The van der Waals surface area contributed by atoms with Gasteiger partial charge in [0.05, 0.1) is 71.7 Å². The van der Waals surface area contributed by atoms with Gasteiger partial charge in [-0.05, 0) is 25.1 Å². The van der Waals surface area contributed by atoms with Crippen LogP contribution in [0.2, 0.25) is 0 Å². The minimum absolute atomic E-state index is 0.129. The summed E-state index contributed by atoms with van der Waals surface area (Å²) >= 11 is 0. The third-order valence-electron chi connectivity index (χ3n) is 6.44. The Balaban J connectivity index is 1.25. The molecule has 47 heavy (non-hydrogen) atoms. The Bertz CT molecular complexity index is 1420. The molecule has 0 aliphatic rings. The Morgan fingerprint density at radius 2 is 1.60 bits per heavy atom. The topological polar surface area (TPSA) is 178 Å². The lowest BCUT2D eigenvalue weighted by molar-refractivity contribution is -0.200. The van der Waals surface area contributed by atoms with Crippen LogP contribution in [-0.4, -0.2) is 121 Å². The average molecular weight is 674 g/mol. The van der Waals surface area contributed by atoms with Crippen molar-refractivity contribution in [3.63, 3.8) is 0 Å². The molecule has 0 bridgehead atoms. The lowest BCUT2D eigenvalue weighted by atomic mass is 10.2. The van der Waals surface area contributed by atoms with Crippen molar-refractivity contribution in [1.82, 2.24) is 29.4 Å². The summed E-state index contributed by atoms with van der Waals surface area (Å²) in [4.78, 5) is 41.0. The highest BCUT2D eigenvalue weighted by Crippen LogP contribution is 2.19. The van der Waals surface area contributed by atoms with E-state index in [1.807, 2.05) is 26.1 Å². The molecule has 3 N–H and O–H groups in total. The SMILES string of the molecule is CCCCOc1nc(N)c2[nH]c(=O)n(Cc3ccc(CN(C)CCOCCOCCOCCOCCOC(=O)C(F)(F)F)cn3)c2n1. The summed E-state index contributed by atoms with van der Waals surface area (Å²) in [6, 6.07) is 3.95. The van der Waals surface area contributed by atoms with Crippen LogP contribution in [0.15, 0.2) is 23.1 Å². The molecule has 0 aromatic carbocycles. The molecule has 15 nitrogen and oxygen atoms in total. The summed E-state index contributed by atoms with van der Waals surface area (Å²) in [5.41, 5.74) is 8.06. The van der Waals surface area contributed by atoms with Gasteiger partial charge in [0.25, 0.3) is 0 Å². The van der Waals surface area contributed by atoms with Crippen molar-refractivity contribution in [1.29, 1.82) is 0 Å². The Morgan fingerprint density at radius 1 is 0.957 bits per heavy atom. The van der Waals surface area contributed by atoms with Crippen molar-refractivity contribution in [2.24, 2.45) is 0 Å². The molecule has 3 aromatic heterocycles. The Morgan fingerprint density at radius 3 is 2.19 bits per heavy atom. The second-order valence-corrected chi connectivity index (χ2v) is 10.3. The third-order valence-corrected chi connectivity index (χ3v) is 6.44. The minimum Gasteiger partial charge on any atom is -0.463 e. The van der Waals surface area contributed by atoms with E-state index in [1.54, 1.807) is 6.20 Å². The zero-order valence-electron chi connectivity index (χ0n) is 26.6. The van der Waals surface area contributed by atoms with Crippen LogP contribution < -0.4 is 16.2 Å². The first-order chi connectivity index (χ1) is 22.6. The first-order valence-electron chi connectivity index (χ1n) is 15.1. The number of hydrogen-bond acceptors (Lipinski definition) is 13. The van der Waals surface area contributed by atoms with Crippen LogP contribution in [0.4, 0.5) is 19.0 Å². The normalized spacial score (nSPS) is 11.9. The molecule has 0 atom stereocenters. The van der Waals surface area contributed by atoms with E-state index in [0.29, 0.717) is 69.6 Å². The number of fused-ring (bicyclic) bond motifs is 1. The maximum absolute atomic E-state index is 12.6. The number of H-pyrrole nitrogens is 1. The number of alkyl halides is 3. The molecule has 0 aliphatic carbocycles. The summed E-state index contributed by atoms with van der Waals surface area (Å²) < 4.78 is 68.3. The van der Waals surface area contributed by atoms with E-state index in [1.165, 1.54) is 4.57 Å². The average Bonchev–Trinajstić information content (AvgIpc) is 3.34. The number of rotatable bonds is 23. The molecule has 3 aromatic rings. The lowest BCUT2D eigenvalue weighted by Crippen LogP contribution is -2.26. The highest BCUT2D eigenvalue weighted by molar-refractivity contribution is 5.81. The van der Waals surface area contributed by atoms with Gasteiger partial charge in [-0.1, -0.05) is 19.4 Å². The fourth-order valence-corrected chi connectivity index (χ4v) is 4.00. The van der Waals surface area contributed by atoms with Gasteiger partial charge < -0.3 is 39.1 Å². The van der Waals surface area contributed by atoms with Gasteiger partial charge in [0.1, 0.15) is 12.1 Å². The molecule has 262 valence electrons. The molecule has 0 unspecified atom stereocenters. The smallest absolute Gasteiger partial charge is 0.463 e. The van der Waals surface area contributed by atoms with E-state index in [0.717, 1.165) is 18.4 Å². The Hall–Kier alpha value is -3.84. The van der Waals surface area contributed by atoms with E-state index in [4.69, 9.17) is 29.4 Å². The van der Waals surface area contributed by atoms with Crippen molar-refractivity contribution in [2.45, 2.75) is 39.0 Å². The van der Waals surface area contributed by atoms with Crippen LogP contribution >= 0.6 is 0 Å². The molecule has 3 heterocycles. The quantitative estimate of drug-likeness (QED) is 0.110. The van der Waals surface area contributed by atoms with E-state index >= 15 is 0 Å². The van der Waals surface area contributed by atoms with Gasteiger partial charge in [0, 0.05) is 19.3 Å². The largest absolute Gasteiger partial charge is 0.490 e. The summed E-state index contributed by atoms with van der Waals surface area (Å²) in [7, 11) is 1.97. The molecular weight excluding hydrogens is 631 g/mol. The Labute approximate surface area is 269 Å². The number of nitrogens with zero attached hydrogens (tertiary/aromatic N) is 5. The number of pyridine rings is 1. The van der Waals surface area contributed by atoms with Gasteiger partial charge in [-0.15, -0.1) is 0 Å². The highest BCUT2D eigenvalue weighted by Gasteiger charge is 2.40. The van der Waals surface area contributed by atoms with Crippen molar-refractivity contribution < 1.29 is 46.4 Å². The van der Waals surface area contributed by atoms with Crippen molar-refractivity contribution >= 4 is 23.0 Å². The summed E-state index contributed by atoms with van der Waals surface area (Å²) in [6.45, 7) is 5.77. The number of anilines is 1. The predicted molar refractivity (Wildman–Crippen MR) is 163 cm³/mol. The van der Waals surface area contributed by atoms with Crippen LogP contribution in [0.3, 0.4) is 0 Å². The van der Waals surface area contributed by atoms with Crippen molar-refractivity contribution in [2.75, 3.05) is 85.4 Å². The summed E-state index contributed by atoms with van der Waals surface area (Å²) in [6.07, 6.45) is -1.42. The predicted octanol–water partition coefficient (Wildman–Crippen LogP) is 1.93. The highest BCUT2D eigenvalue weighted by atomic mass is 19.4. The van der Waals surface area contributed by atoms with Gasteiger partial charge in [0.15, 0.2) is 11.5 Å². The molecule has 0 radical (unpaired) electrons. The van der Waals surface area contributed by atoms with Crippen molar-refractivity contribution in [3.8, 4) is 6.01 Å². The number of nitrogens with one attached hydrogen (secondary N) is 1. The van der Waals surface area contributed by atoms with E-state index < -0.39 is 18.8 Å². The van der Waals surface area contributed by atoms with Crippen LogP contribution in [0.1, 0.15) is 31.0 Å². The van der Waals surface area contributed by atoms with Gasteiger partial charge in [0.2, 0.25) is 0 Å². The van der Waals surface area contributed by atoms with Crippen LogP contribution in [0, 0.1) is 0 Å². The number of carbonyl (C=O) groups is 1. The third kappa shape index (κ3) is 13.4. The number of aromatic amines is 1. The van der Waals surface area contributed by atoms with Crippen LogP contribution in [0.5, 0.6) is 6.01 Å². The lowest BCUT2D eigenvalue weighted by Gasteiger charge is -2.16. The molecule has 0 spiro atoms. The van der Waals surface area contributed by atoms with Gasteiger partial charge in [-0.25, -0.2) is 9.59 Å². The number of esters is 1. The van der Waals surface area contributed by atoms with E-state index in [9.17, 15) is 22.8 Å². The number of aromatic nitrogens is 5. The van der Waals surface area contributed by atoms with Gasteiger partial charge >= 0.3 is 23.8 Å². The summed E-state index contributed by atoms with van der Waals surface area (Å²) in [5, 5.41) is 0. The van der Waals surface area contributed by atoms with E-state index in [-0.39, 0.29) is 43.9 Å². The maximum atomic E-state index is 12.6. The fourth-order valence-electron chi connectivity index (χ4n) is 4.00. The first kappa shape index (κ1) is 37.6. The number of hydrogen-bond donors (Lipinski definition) is 2. The monoisotopic (exact) mass is 673 g/mol.